The van der Waals surface area contributed by atoms with Gasteiger partial charge >= 0.3 is 0 Å². The molecule has 0 radical (unpaired) electrons. The molecule has 1 aromatic carbocycles. The van der Waals surface area contributed by atoms with Gasteiger partial charge in [-0.15, -0.1) is 0 Å². The Labute approximate surface area is 110 Å². The Bertz CT molecular complexity index is 476. The first kappa shape index (κ1) is 11.6. The summed E-state index contributed by atoms with van der Waals surface area (Å²) in [6, 6.07) is 8.62. The highest BCUT2D eigenvalue weighted by molar-refractivity contribution is 5.64. The molecule has 2 aliphatic rings. The molecule has 1 unspecified atom stereocenters. The third kappa shape index (κ3) is 2.10. The van der Waals surface area contributed by atoms with E-state index < -0.39 is 0 Å². The number of nitrogens with one attached hydrogen (secondary N) is 1. The number of allylic oxidation sites excluding steroid dienone is 2. The maximum absolute atomic E-state index is 4.20. The fourth-order valence-corrected chi connectivity index (χ4v) is 3.29. The van der Waals surface area contributed by atoms with Gasteiger partial charge in [-0.25, -0.2) is 0 Å². The molecular weight excluding hydrogens is 218 g/mol. The molecule has 1 N–H and O–H groups in total. The molecule has 3 rings (SSSR count). The molecular formula is C17H21N. The second-order valence-corrected chi connectivity index (χ2v) is 5.72. The fourth-order valence-electron chi connectivity index (χ4n) is 3.29. The third-order valence-corrected chi connectivity index (χ3v) is 4.43. The van der Waals surface area contributed by atoms with E-state index in [9.17, 15) is 0 Å². The fraction of sp³-hybridized carbons (Fsp3) is 0.412. The number of hydrogen-bond acceptors (Lipinski definition) is 1. The van der Waals surface area contributed by atoms with Crippen LogP contribution in [0.3, 0.4) is 0 Å². The highest BCUT2D eigenvalue weighted by Crippen LogP contribution is 2.43. The van der Waals surface area contributed by atoms with Gasteiger partial charge in [-0.3, -0.25) is 0 Å². The van der Waals surface area contributed by atoms with Crippen molar-refractivity contribution in [2.45, 2.75) is 38.0 Å². The number of anilines is 1. The summed E-state index contributed by atoms with van der Waals surface area (Å²) in [7, 11) is 0. The zero-order chi connectivity index (χ0) is 12.5. The van der Waals surface area contributed by atoms with Gasteiger partial charge in [0.1, 0.15) is 0 Å². The minimum atomic E-state index is 0.512. The molecule has 1 nitrogen and oxygen atoms in total. The summed E-state index contributed by atoms with van der Waals surface area (Å²) >= 11 is 0. The van der Waals surface area contributed by atoms with Crippen LogP contribution in [0.1, 0.15) is 43.6 Å². The van der Waals surface area contributed by atoms with E-state index in [2.05, 4.69) is 42.7 Å². The maximum Gasteiger partial charge on any atom is 0.0421 e. The molecule has 0 aromatic heterocycles. The van der Waals surface area contributed by atoms with Crippen LogP contribution in [-0.4, -0.2) is 0 Å². The zero-order valence-electron chi connectivity index (χ0n) is 10.9. The Morgan fingerprint density at radius 1 is 1.11 bits per heavy atom. The average molecular weight is 239 g/mol. The summed E-state index contributed by atoms with van der Waals surface area (Å²) in [4.78, 5) is 0. The second-order valence-electron chi connectivity index (χ2n) is 5.72. The molecule has 1 aromatic rings. The van der Waals surface area contributed by atoms with Crippen LogP contribution in [0.2, 0.25) is 0 Å². The molecule has 1 atom stereocenters. The Hall–Kier alpha value is -1.50. The highest BCUT2D eigenvalue weighted by atomic mass is 14.9. The number of para-hydroxylation sites is 1. The van der Waals surface area contributed by atoms with E-state index in [1.807, 2.05) is 0 Å². The van der Waals surface area contributed by atoms with Crippen molar-refractivity contribution in [1.82, 2.24) is 0 Å². The van der Waals surface area contributed by atoms with E-state index in [1.54, 1.807) is 0 Å². The summed E-state index contributed by atoms with van der Waals surface area (Å²) in [5.41, 5.74) is 5.32. The lowest BCUT2D eigenvalue weighted by Crippen LogP contribution is -2.12. The topological polar surface area (TPSA) is 12.0 Å². The van der Waals surface area contributed by atoms with Crippen molar-refractivity contribution < 1.29 is 0 Å². The van der Waals surface area contributed by atoms with Crippen LogP contribution in [0.5, 0.6) is 0 Å². The smallest absolute Gasteiger partial charge is 0.0421 e. The quantitative estimate of drug-likeness (QED) is 0.728. The first-order valence-electron chi connectivity index (χ1n) is 6.95. The van der Waals surface area contributed by atoms with Gasteiger partial charge in [0, 0.05) is 17.3 Å². The summed E-state index contributed by atoms with van der Waals surface area (Å²) < 4.78 is 0. The summed E-state index contributed by atoms with van der Waals surface area (Å²) in [5.74, 6) is 1.35. The van der Waals surface area contributed by atoms with Gasteiger partial charge in [-0.2, -0.15) is 0 Å². The zero-order valence-corrected chi connectivity index (χ0v) is 10.9. The maximum atomic E-state index is 4.20. The molecule has 94 valence electrons. The third-order valence-electron chi connectivity index (χ3n) is 4.43. The summed E-state index contributed by atoms with van der Waals surface area (Å²) in [6.07, 6.45) is 6.31. The van der Waals surface area contributed by atoms with Crippen LogP contribution < -0.4 is 5.32 Å². The predicted molar refractivity (Wildman–Crippen MR) is 77.7 cm³/mol. The van der Waals surface area contributed by atoms with E-state index in [0.717, 1.165) is 5.92 Å². The largest absolute Gasteiger partial charge is 0.359 e. The van der Waals surface area contributed by atoms with E-state index in [1.165, 1.54) is 54.6 Å². The predicted octanol–water partition coefficient (Wildman–Crippen LogP) is 4.85. The van der Waals surface area contributed by atoms with Crippen molar-refractivity contribution in [1.29, 1.82) is 0 Å². The highest BCUT2D eigenvalue weighted by Gasteiger charge is 2.28. The van der Waals surface area contributed by atoms with Gasteiger partial charge in [-0.1, -0.05) is 36.9 Å². The molecule has 1 fully saturated rings. The van der Waals surface area contributed by atoms with E-state index in [4.69, 9.17) is 0 Å². The van der Waals surface area contributed by atoms with E-state index in [0.29, 0.717) is 5.92 Å². The van der Waals surface area contributed by atoms with Crippen LogP contribution in [0.15, 0.2) is 48.7 Å². The standard InChI is InChI=1S/C17H21N/c1-12-7-9-14(10-8-12)11-16-13(2)18-17-6-4-3-5-15(16)17/h3-6,14,16,18H,1-2,7-11H2. The second kappa shape index (κ2) is 4.64. The first-order valence-corrected chi connectivity index (χ1v) is 6.95. The van der Waals surface area contributed by atoms with E-state index >= 15 is 0 Å². The Kier molecular flexibility index (Phi) is 2.99. The molecule has 0 bridgehead atoms. The SMILES string of the molecule is C=C1CCC(CC2C(=C)Nc3ccccc32)CC1. The summed E-state index contributed by atoms with van der Waals surface area (Å²) in [5, 5.41) is 3.43. The first-order chi connectivity index (χ1) is 8.74. The van der Waals surface area contributed by atoms with Crippen molar-refractivity contribution in [2.75, 3.05) is 5.32 Å². The monoisotopic (exact) mass is 239 g/mol. The Morgan fingerprint density at radius 3 is 2.61 bits per heavy atom. The molecule has 1 heterocycles. The summed E-state index contributed by atoms with van der Waals surface area (Å²) in [6.45, 7) is 8.30. The van der Waals surface area contributed by atoms with Crippen molar-refractivity contribution >= 4 is 5.69 Å². The lowest BCUT2D eigenvalue weighted by atomic mass is 9.79. The minimum Gasteiger partial charge on any atom is -0.359 e. The molecule has 1 aliphatic heterocycles. The molecule has 0 spiro atoms. The number of hydrogen-bond donors (Lipinski definition) is 1. The van der Waals surface area contributed by atoms with Crippen molar-refractivity contribution in [3.63, 3.8) is 0 Å². The molecule has 18 heavy (non-hydrogen) atoms. The van der Waals surface area contributed by atoms with Crippen LogP contribution in [0.4, 0.5) is 5.69 Å². The van der Waals surface area contributed by atoms with Crippen molar-refractivity contribution in [3.05, 3.63) is 54.3 Å². The van der Waals surface area contributed by atoms with Gasteiger partial charge in [0.25, 0.3) is 0 Å². The van der Waals surface area contributed by atoms with Crippen LogP contribution >= 0.6 is 0 Å². The number of fused-ring (bicyclic) bond motifs is 1. The number of rotatable bonds is 2. The molecule has 0 amide bonds. The molecule has 1 saturated carbocycles. The lowest BCUT2D eigenvalue weighted by molar-refractivity contribution is 0.370. The Balaban J connectivity index is 1.73. The Morgan fingerprint density at radius 2 is 1.83 bits per heavy atom. The van der Waals surface area contributed by atoms with Crippen LogP contribution in [0.25, 0.3) is 0 Å². The number of benzene rings is 1. The average Bonchev–Trinajstić information content (AvgIpc) is 2.69. The van der Waals surface area contributed by atoms with Crippen molar-refractivity contribution in [2.24, 2.45) is 5.92 Å². The van der Waals surface area contributed by atoms with Gasteiger partial charge in [0.2, 0.25) is 0 Å². The molecule has 1 heteroatoms. The molecule has 1 aliphatic carbocycles. The van der Waals surface area contributed by atoms with Crippen LogP contribution in [0, 0.1) is 5.92 Å². The normalized spacial score (nSPS) is 23.9. The van der Waals surface area contributed by atoms with Gasteiger partial charge < -0.3 is 5.32 Å². The van der Waals surface area contributed by atoms with Crippen LogP contribution in [-0.2, 0) is 0 Å². The molecule has 0 saturated heterocycles. The minimum absolute atomic E-state index is 0.512. The van der Waals surface area contributed by atoms with Gasteiger partial charge in [0.15, 0.2) is 0 Å². The van der Waals surface area contributed by atoms with Crippen molar-refractivity contribution in [3.8, 4) is 0 Å². The van der Waals surface area contributed by atoms with Gasteiger partial charge in [-0.05, 0) is 49.7 Å². The van der Waals surface area contributed by atoms with Gasteiger partial charge in [0.05, 0.1) is 0 Å². The van der Waals surface area contributed by atoms with E-state index in [-0.39, 0.29) is 0 Å². The lowest BCUT2D eigenvalue weighted by Gasteiger charge is -2.26.